The average molecular weight is 353 g/mol. The Kier molecular flexibility index (Phi) is 10.3. The first kappa shape index (κ1) is 22.9. The van der Waals surface area contributed by atoms with Crippen LogP contribution in [-0.4, -0.2) is 27.0 Å². The van der Waals surface area contributed by atoms with Crippen molar-refractivity contribution in [2.45, 2.75) is 91.5 Å². The highest BCUT2D eigenvalue weighted by molar-refractivity contribution is 6.77. The van der Waals surface area contributed by atoms with E-state index in [9.17, 15) is 4.79 Å². The maximum Gasteiger partial charge on any atom is 0.384 e. The molecule has 0 saturated heterocycles. The molecular weight excluding hydrogens is 316 g/mol. The highest BCUT2D eigenvalue weighted by atomic mass is 28.4. The molecule has 0 spiro atoms. The molecule has 0 aromatic rings. The van der Waals surface area contributed by atoms with Gasteiger partial charge in [0.05, 0.1) is 6.61 Å². The molecule has 138 valence electrons. The molecule has 0 aliphatic rings. The first-order chi connectivity index (χ1) is 11.1. The third-order valence-electron chi connectivity index (χ3n) is 4.49. The third-order valence-corrected chi connectivity index (χ3v) is 10.7. The Hall–Kier alpha value is -1.05. The van der Waals surface area contributed by atoms with Gasteiger partial charge >= 0.3 is 5.97 Å². The monoisotopic (exact) mass is 352 g/mol. The number of rotatable bonds is 8. The van der Waals surface area contributed by atoms with Crippen LogP contribution in [0.15, 0.2) is 11.6 Å². The van der Waals surface area contributed by atoms with Gasteiger partial charge in [-0.3, -0.25) is 0 Å². The Bertz CT molecular complexity index is 459. The van der Waals surface area contributed by atoms with Crippen molar-refractivity contribution in [1.82, 2.24) is 0 Å². The number of hydrogen-bond donors (Lipinski definition) is 0. The highest BCUT2D eigenvalue weighted by Crippen LogP contribution is 2.43. The lowest BCUT2D eigenvalue weighted by atomic mass is 10.1. The molecule has 0 radical (unpaired) electrons. The molecule has 0 fully saturated rings. The standard InChI is InChI=1S/C20H36O3Si/c1-10-22-20(21)13-11-12-18(8)14-19(9)23-24(15(2)3,16(4)5)17(6)7/h12,15-17,19H,10,14H2,1-9H3/b18-12+/t19-/m0/s1. The van der Waals surface area contributed by atoms with Gasteiger partial charge in [0, 0.05) is 12.0 Å². The van der Waals surface area contributed by atoms with E-state index in [1.165, 1.54) is 0 Å². The fourth-order valence-electron chi connectivity index (χ4n) is 3.70. The minimum atomic E-state index is -1.85. The Morgan fingerprint density at radius 1 is 1.04 bits per heavy atom. The van der Waals surface area contributed by atoms with Crippen LogP contribution in [0.4, 0.5) is 0 Å². The smallest absolute Gasteiger partial charge is 0.384 e. The van der Waals surface area contributed by atoms with E-state index < -0.39 is 14.3 Å². The van der Waals surface area contributed by atoms with Crippen molar-refractivity contribution in [1.29, 1.82) is 0 Å². The first-order valence-corrected chi connectivity index (χ1v) is 11.2. The molecule has 0 aromatic carbocycles. The summed E-state index contributed by atoms with van der Waals surface area (Å²) in [6.45, 7) is 20.1. The number of allylic oxidation sites excluding steroid dienone is 1. The summed E-state index contributed by atoms with van der Waals surface area (Å²) in [5.74, 6) is 4.77. The van der Waals surface area contributed by atoms with Crippen LogP contribution in [0.1, 0.15) is 68.7 Å². The molecule has 0 aliphatic carbocycles. The lowest BCUT2D eigenvalue weighted by Crippen LogP contribution is -2.49. The van der Waals surface area contributed by atoms with E-state index in [0.29, 0.717) is 23.2 Å². The maximum atomic E-state index is 11.2. The Morgan fingerprint density at radius 2 is 1.54 bits per heavy atom. The second-order valence-corrected chi connectivity index (χ2v) is 12.8. The molecule has 0 rings (SSSR count). The third kappa shape index (κ3) is 6.82. The number of hydrogen-bond acceptors (Lipinski definition) is 3. The van der Waals surface area contributed by atoms with E-state index >= 15 is 0 Å². The number of ether oxygens (including phenoxy) is 1. The van der Waals surface area contributed by atoms with Crippen LogP contribution >= 0.6 is 0 Å². The zero-order valence-electron chi connectivity index (χ0n) is 17.0. The molecule has 0 aliphatic heterocycles. The van der Waals surface area contributed by atoms with Crippen molar-refractivity contribution in [2.24, 2.45) is 0 Å². The molecule has 0 saturated carbocycles. The minimum absolute atomic E-state index is 0.157. The van der Waals surface area contributed by atoms with Crippen LogP contribution in [0.5, 0.6) is 0 Å². The van der Waals surface area contributed by atoms with Crippen LogP contribution in [0, 0.1) is 11.8 Å². The van der Waals surface area contributed by atoms with Crippen LogP contribution in [0.25, 0.3) is 0 Å². The molecule has 0 N–H and O–H groups in total. The van der Waals surface area contributed by atoms with Gasteiger partial charge in [-0.1, -0.05) is 53.0 Å². The van der Waals surface area contributed by atoms with Crippen molar-refractivity contribution < 1.29 is 14.0 Å². The molecule has 1 atom stereocenters. The molecule has 3 nitrogen and oxygen atoms in total. The van der Waals surface area contributed by atoms with Gasteiger partial charge in [-0.25, -0.2) is 4.79 Å². The number of esters is 1. The highest BCUT2D eigenvalue weighted by Gasteiger charge is 2.45. The van der Waals surface area contributed by atoms with Crippen LogP contribution in [0.2, 0.25) is 16.6 Å². The number of carbonyl (C=O) groups is 1. The van der Waals surface area contributed by atoms with E-state index in [4.69, 9.17) is 9.16 Å². The average Bonchev–Trinajstić information content (AvgIpc) is 2.43. The van der Waals surface area contributed by atoms with Crippen LogP contribution in [-0.2, 0) is 14.0 Å². The van der Waals surface area contributed by atoms with Gasteiger partial charge in [0.15, 0.2) is 0 Å². The summed E-state index contributed by atoms with van der Waals surface area (Å²) < 4.78 is 11.5. The van der Waals surface area contributed by atoms with E-state index in [2.05, 4.69) is 60.3 Å². The lowest BCUT2D eigenvalue weighted by molar-refractivity contribution is -0.136. The van der Waals surface area contributed by atoms with Crippen LogP contribution in [0.3, 0.4) is 0 Å². The normalized spacial score (nSPS) is 13.9. The van der Waals surface area contributed by atoms with Gasteiger partial charge in [0.2, 0.25) is 8.32 Å². The summed E-state index contributed by atoms with van der Waals surface area (Å²) in [7, 11) is -1.85. The Balaban J connectivity index is 4.97. The van der Waals surface area contributed by atoms with Gasteiger partial charge < -0.3 is 9.16 Å². The van der Waals surface area contributed by atoms with Gasteiger partial charge in [-0.15, -0.1) is 0 Å². The topological polar surface area (TPSA) is 35.5 Å². The molecule has 4 heteroatoms. The quantitative estimate of drug-likeness (QED) is 0.251. The molecule has 0 amide bonds. The zero-order valence-corrected chi connectivity index (χ0v) is 18.0. The van der Waals surface area contributed by atoms with Gasteiger partial charge in [-0.05, 0) is 49.9 Å². The summed E-state index contributed by atoms with van der Waals surface area (Å²) >= 11 is 0. The van der Waals surface area contributed by atoms with Gasteiger partial charge in [0.1, 0.15) is 0 Å². The molecule has 0 unspecified atom stereocenters. The Labute approximate surface area is 150 Å². The summed E-state index contributed by atoms with van der Waals surface area (Å²) in [6.07, 6.45) is 2.78. The predicted octanol–water partition coefficient (Wildman–Crippen LogP) is 5.47. The van der Waals surface area contributed by atoms with Gasteiger partial charge in [0.25, 0.3) is 0 Å². The van der Waals surface area contributed by atoms with E-state index in [1.807, 2.05) is 6.92 Å². The SMILES string of the molecule is CCOC(=O)C#C/C=C(\C)C[C@H](C)O[Si](C(C)C)(C(C)C)C(C)C. The van der Waals surface area contributed by atoms with Crippen molar-refractivity contribution in [3.8, 4) is 11.8 Å². The predicted molar refractivity (Wildman–Crippen MR) is 104 cm³/mol. The van der Waals surface area contributed by atoms with E-state index in [0.717, 1.165) is 12.0 Å². The first-order valence-electron chi connectivity index (χ1n) is 9.09. The van der Waals surface area contributed by atoms with Crippen molar-refractivity contribution >= 4 is 14.3 Å². The molecule has 0 bridgehead atoms. The van der Waals surface area contributed by atoms with Crippen molar-refractivity contribution in [2.75, 3.05) is 6.61 Å². The van der Waals surface area contributed by atoms with Crippen LogP contribution < -0.4 is 0 Å². The number of carbonyl (C=O) groups excluding carboxylic acids is 1. The van der Waals surface area contributed by atoms with E-state index in [-0.39, 0.29) is 6.10 Å². The molecule has 24 heavy (non-hydrogen) atoms. The summed E-state index contributed by atoms with van der Waals surface area (Å²) in [5, 5.41) is 0. The molecular formula is C20H36O3Si. The largest absolute Gasteiger partial charge is 0.456 e. The maximum absolute atomic E-state index is 11.2. The van der Waals surface area contributed by atoms with Gasteiger partial charge in [-0.2, -0.15) is 0 Å². The van der Waals surface area contributed by atoms with Crippen molar-refractivity contribution in [3.05, 3.63) is 11.6 Å². The summed E-state index contributed by atoms with van der Waals surface area (Å²) in [5.41, 5.74) is 2.85. The second kappa shape index (κ2) is 10.7. The summed E-state index contributed by atoms with van der Waals surface area (Å²) in [6, 6.07) is 0. The zero-order chi connectivity index (χ0) is 18.9. The fourth-order valence-corrected chi connectivity index (χ4v) is 9.29. The molecule has 0 aromatic heterocycles. The minimum Gasteiger partial charge on any atom is -0.456 e. The fraction of sp³-hybridized carbons (Fsp3) is 0.750. The van der Waals surface area contributed by atoms with Crippen molar-refractivity contribution in [3.63, 3.8) is 0 Å². The van der Waals surface area contributed by atoms with E-state index in [1.54, 1.807) is 13.0 Å². The Morgan fingerprint density at radius 3 is 1.96 bits per heavy atom. The summed E-state index contributed by atoms with van der Waals surface area (Å²) in [4.78, 5) is 11.2. The lowest BCUT2D eigenvalue weighted by Gasteiger charge is -2.44. The molecule has 0 heterocycles. The second-order valence-electron chi connectivity index (χ2n) is 7.43.